The Morgan fingerprint density at radius 3 is 2.04 bits per heavy atom. The fourth-order valence-corrected chi connectivity index (χ4v) is 2.85. The number of alkyl halides is 8. The van der Waals surface area contributed by atoms with Crippen LogP contribution in [0.2, 0.25) is 0 Å². The van der Waals surface area contributed by atoms with Gasteiger partial charge in [-0.25, -0.2) is 13.4 Å². The standard InChI is InChI=1S/C16H21F8N2O/c17-13(18)15(21,22)16(23,24)14(19,20)11-27-12(9-25-5-1-2-6-25)10-26-7-3-4-8-26/h9-10,13H,1-8,11H2/q+1. The molecule has 0 aliphatic carbocycles. The van der Waals surface area contributed by atoms with E-state index in [2.05, 4.69) is 0 Å². The lowest BCUT2D eigenvalue weighted by atomic mass is 10.1. The van der Waals surface area contributed by atoms with Gasteiger partial charge in [-0.2, -0.15) is 26.3 Å². The second-order valence-corrected chi connectivity index (χ2v) is 6.64. The summed E-state index contributed by atoms with van der Waals surface area (Å²) in [6.07, 6.45) is 1.17. The van der Waals surface area contributed by atoms with Crippen molar-refractivity contribution in [2.45, 2.75) is 49.9 Å². The van der Waals surface area contributed by atoms with Gasteiger partial charge < -0.3 is 9.64 Å². The van der Waals surface area contributed by atoms with Gasteiger partial charge in [0.25, 0.3) is 0 Å². The Balaban J connectivity index is 2.15. The van der Waals surface area contributed by atoms with Gasteiger partial charge in [0.15, 0.2) is 12.4 Å². The highest BCUT2D eigenvalue weighted by molar-refractivity contribution is 5.71. The molecule has 0 atom stereocenters. The van der Waals surface area contributed by atoms with Crippen molar-refractivity contribution < 1.29 is 44.4 Å². The minimum atomic E-state index is -6.26. The van der Waals surface area contributed by atoms with Gasteiger partial charge in [-0.1, -0.05) is 0 Å². The first-order valence-corrected chi connectivity index (χ1v) is 8.56. The summed E-state index contributed by atoms with van der Waals surface area (Å²) < 4.78 is 111. The van der Waals surface area contributed by atoms with Crippen LogP contribution in [0.15, 0.2) is 12.0 Å². The van der Waals surface area contributed by atoms with Gasteiger partial charge in [0.1, 0.15) is 13.1 Å². The molecule has 2 saturated heterocycles. The predicted molar refractivity (Wildman–Crippen MR) is 81.0 cm³/mol. The van der Waals surface area contributed by atoms with E-state index in [1.54, 1.807) is 9.48 Å². The molecule has 2 aliphatic heterocycles. The van der Waals surface area contributed by atoms with Crippen LogP contribution in [-0.2, 0) is 4.74 Å². The topological polar surface area (TPSA) is 15.5 Å². The van der Waals surface area contributed by atoms with E-state index >= 15 is 0 Å². The maximum absolute atomic E-state index is 13.7. The first kappa shape index (κ1) is 21.7. The predicted octanol–water partition coefficient (Wildman–Crippen LogP) is 3.99. The third-order valence-electron chi connectivity index (χ3n) is 4.47. The smallest absolute Gasteiger partial charge is 0.381 e. The van der Waals surface area contributed by atoms with Crippen LogP contribution in [0.4, 0.5) is 35.1 Å². The van der Waals surface area contributed by atoms with Crippen LogP contribution in [0, 0.1) is 0 Å². The van der Waals surface area contributed by atoms with Crippen LogP contribution >= 0.6 is 0 Å². The van der Waals surface area contributed by atoms with Crippen LogP contribution in [0.1, 0.15) is 25.7 Å². The molecule has 2 rings (SSSR count). The molecular weight excluding hydrogens is 388 g/mol. The molecule has 2 heterocycles. The fraction of sp³-hybridized carbons (Fsp3) is 0.812. The largest absolute Gasteiger partial charge is 0.480 e. The van der Waals surface area contributed by atoms with Crippen molar-refractivity contribution >= 4 is 6.21 Å². The monoisotopic (exact) mass is 409 g/mol. The molecule has 0 aromatic carbocycles. The number of hydrogen-bond acceptors (Lipinski definition) is 2. The normalized spacial score (nSPS) is 20.0. The van der Waals surface area contributed by atoms with E-state index in [0.29, 0.717) is 26.2 Å². The molecule has 2 aliphatic rings. The van der Waals surface area contributed by atoms with E-state index < -0.39 is 30.8 Å². The van der Waals surface area contributed by atoms with Gasteiger partial charge >= 0.3 is 24.2 Å². The first-order chi connectivity index (χ1) is 12.5. The molecule has 0 unspecified atom stereocenters. The fourth-order valence-electron chi connectivity index (χ4n) is 2.85. The first-order valence-electron chi connectivity index (χ1n) is 8.56. The molecule has 27 heavy (non-hydrogen) atoms. The van der Waals surface area contributed by atoms with Gasteiger partial charge in [0.2, 0.25) is 6.21 Å². The molecule has 0 N–H and O–H groups in total. The van der Waals surface area contributed by atoms with Gasteiger partial charge in [-0.15, -0.1) is 0 Å². The van der Waals surface area contributed by atoms with Crippen LogP contribution < -0.4 is 0 Å². The Morgan fingerprint density at radius 2 is 1.52 bits per heavy atom. The van der Waals surface area contributed by atoms with Gasteiger partial charge in [-0.05, 0) is 12.8 Å². The van der Waals surface area contributed by atoms with Crippen molar-refractivity contribution in [3.63, 3.8) is 0 Å². The summed E-state index contributed by atoms with van der Waals surface area (Å²) in [6, 6.07) is 0. The number of halogens is 8. The van der Waals surface area contributed by atoms with E-state index in [9.17, 15) is 35.1 Å². The van der Waals surface area contributed by atoms with Crippen molar-refractivity contribution in [2.24, 2.45) is 0 Å². The highest BCUT2D eigenvalue weighted by atomic mass is 19.4. The number of nitrogens with zero attached hydrogens (tertiary/aromatic N) is 2. The van der Waals surface area contributed by atoms with E-state index in [1.165, 1.54) is 12.4 Å². The Morgan fingerprint density at radius 1 is 0.963 bits per heavy atom. The highest BCUT2D eigenvalue weighted by Gasteiger charge is 2.75. The highest BCUT2D eigenvalue weighted by Crippen LogP contribution is 2.48. The Bertz CT molecular complexity index is 563. The quantitative estimate of drug-likeness (QED) is 0.342. The minimum Gasteiger partial charge on any atom is -0.480 e. The summed E-state index contributed by atoms with van der Waals surface area (Å²) in [5.41, 5.74) is 0. The van der Waals surface area contributed by atoms with Gasteiger partial charge in [0.05, 0.1) is 0 Å². The number of hydrogen-bond donors (Lipinski definition) is 0. The average molecular weight is 409 g/mol. The van der Waals surface area contributed by atoms with Crippen molar-refractivity contribution in [3.8, 4) is 0 Å². The molecule has 0 spiro atoms. The second kappa shape index (κ2) is 8.22. The zero-order valence-electron chi connectivity index (χ0n) is 14.4. The van der Waals surface area contributed by atoms with E-state index in [1.807, 2.05) is 0 Å². The molecule has 0 aromatic heterocycles. The summed E-state index contributed by atoms with van der Waals surface area (Å²) in [4.78, 5) is 1.73. The molecular formula is C16H21F8N2O+. The van der Waals surface area contributed by atoms with Crippen molar-refractivity contribution in [2.75, 3.05) is 32.8 Å². The molecule has 0 aromatic rings. The third kappa shape index (κ3) is 4.84. The summed E-state index contributed by atoms with van der Waals surface area (Å²) in [5, 5.41) is 0. The number of ether oxygens (including phenoxy) is 1. The van der Waals surface area contributed by atoms with E-state index in [4.69, 9.17) is 4.74 Å². The van der Waals surface area contributed by atoms with Crippen molar-refractivity contribution in [3.05, 3.63) is 12.0 Å². The molecule has 11 heteroatoms. The maximum Gasteiger partial charge on any atom is 0.381 e. The SMILES string of the molecule is FC(F)C(F)(F)C(F)(F)C(F)(F)CO/C(C=[N+]1CCCC1)=C\N1CCCC1. The second-order valence-electron chi connectivity index (χ2n) is 6.64. The summed E-state index contributed by atoms with van der Waals surface area (Å²) >= 11 is 0. The summed E-state index contributed by atoms with van der Waals surface area (Å²) in [7, 11) is 0. The molecule has 0 bridgehead atoms. The summed E-state index contributed by atoms with van der Waals surface area (Å²) in [6.45, 7) is 0.285. The lowest BCUT2D eigenvalue weighted by Crippen LogP contribution is -2.59. The number of rotatable bonds is 8. The zero-order valence-corrected chi connectivity index (χ0v) is 14.4. The van der Waals surface area contributed by atoms with Crippen LogP contribution in [0.5, 0.6) is 0 Å². The Labute approximate surface area is 151 Å². The Kier molecular flexibility index (Phi) is 6.62. The molecule has 0 radical (unpaired) electrons. The van der Waals surface area contributed by atoms with Crippen LogP contribution in [-0.4, -0.2) is 72.7 Å². The third-order valence-corrected chi connectivity index (χ3v) is 4.47. The van der Waals surface area contributed by atoms with Crippen LogP contribution in [0.3, 0.4) is 0 Å². The maximum atomic E-state index is 13.7. The number of allylic oxidation sites excluding steroid dienone is 1. The molecule has 0 saturated carbocycles. The molecule has 156 valence electrons. The minimum absolute atomic E-state index is 0.199. The average Bonchev–Trinajstić information content (AvgIpc) is 3.26. The number of likely N-dealkylation sites (tertiary alicyclic amines) is 1. The lowest BCUT2D eigenvalue weighted by molar-refractivity contribution is -0.501. The lowest BCUT2D eigenvalue weighted by Gasteiger charge is -2.32. The van der Waals surface area contributed by atoms with Crippen LogP contribution in [0.25, 0.3) is 0 Å². The molecule has 3 nitrogen and oxygen atoms in total. The zero-order chi connectivity index (χ0) is 20.3. The Hall–Kier alpha value is -1.55. The molecule has 2 fully saturated rings. The van der Waals surface area contributed by atoms with Crippen molar-refractivity contribution in [1.29, 1.82) is 0 Å². The van der Waals surface area contributed by atoms with Gasteiger partial charge in [-0.3, -0.25) is 0 Å². The summed E-state index contributed by atoms with van der Waals surface area (Å²) in [5.74, 6) is -18.1. The van der Waals surface area contributed by atoms with Gasteiger partial charge in [0, 0.05) is 32.1 Å². The van der Waals surface area contributed by atoms with E-state index in [-0.39, 0.29) is 5.76 Å². The van der Waals surface area contributed by atoms with E-state index in [0.717, 1.165) is 25.7 Å². The molecule has 0 amide bonds. The van der Waals surface area contributed by atoms with Crippen molar-refractivity contribution in [1.82, 2.24) is 4.90 Å².